The highest BCUT2D eigenvalue weighted by Crippen LogP contribution is 2.26. The Hall–Kier alpha value is -0.480. The van der Waals surface area contributed by atoms with Crippen molar-refractivity contribution in [1.82, 2.24) is 4.72 Å². The number of sulfonamides is 1. The topological polar surface area (TPSA) is 92.7 Å². The maximum absolute atomic E-state index is 12.2. The Balaban J connectivity index is 2.01. The molecule has 0 bridgehead atoms. The molecule has 6 nitrogen and oxygen atoms in total. The van der Waals surface area contributed by atoms with Crippen LogP contribution < -0.4 is 4.72 Å². The molecule has 1 aliphatic rings. The maximum atomic E-state index is 12.2. The predicted molar refractivity (Wildman–Crippen MR) is 82.6 cm³/mol. The molecule has 2 atom stereocenters. The van der Waals surface area contributed by atoms with Crippen LogP contribution >= 0.6 is 31.9 Å². The van der Waals surface area contributed by atoms with Crippen molar-refractivity contribution in [2.45, 2.75) is 29.9 Å². The molecule has 1 aromatic rings. The molecule has 2 rings (SSSR count). The van der Waals surface area contributed by atoms with Crippen LogP contribution in [-0.4, -0.2) is 38.2 Å². The molecule has 116 valence electrons. The molecule has 1 aromatic carbocycles. The Morgan fingerprint density at radius 2 is 2.10 bits per heavy atom. The minimum absolute atomic E-state index is 0.0502. The van der Waals surface area contributed by atoms with Gasteiger partial charge in [-0.2, -0.15) is 0 Å². The lowest BCUT2D eigenvalue weighted by Crippen LogP contribution is -2.33. The van der Waals surface area contributed by atoms with E-state index in [1.54, 1.807) is 12.1 Å². The van der Waals surface area contributed by atoms with Crippen molar-refractivity contribution in [3.05, 3.63) is 27.1 Å². The molecule has 1 aliphatic heterocycles. The van der Waals surface area contributed by atoms with E-state index in [1.165, 1.54) is 6.07 Å². The zero-order valence-electron chi connectivity index (χ0n) is 10.8. The van der Waals surface area contributed by atoms with Gasteiger partial charge in [-0.05, 0) is 47.0 Å². The van der Waals surface area contributed by atoms with Crippen LogP contribution in [0.15, 0.2) is 32.0 Å². The molecule has 0 amide bonds. The normalized spacial score (nSPS) is 22.4. The van der Waals surface area contributed by atoms with Gasteiger partial charge in [0.1, 0.15) is 0 Å². The number of rotatable bonds is 5. The standard InChI is InChI=1S/C12H13Br2NO5S/c13-7-1-4-11(9(14)5-7)21(18,19)15-6-8-2-3-10(20-8)12(16)17/h1,4-5,8,10,15H,2-3,6H2,(H,16,17). The molecule has 1 saturated heterocycles. The molecule has 0 aromatic heterocycles. The molecule has 1 heterocycles. The molecule has 0 spiro atoms. The van der Waals surface area contributed by atoms with Gasteiger partial charge in [0.2, 0.25) is 10.0 Å². The van der Waals surface area contributed by atoms with Crippen LogP contribution in [0.5, 0.6) is 0 Å². The van der Waals surface area contributed by atoms with E-state index in [9.17, 15) is 13.2 Å². The van der Waals surface area contributed by atoms with Crippen molar-refractivity contribution in [2.24, 2.45) is 0 Å². The molecular formula is C12H13Br2NO5S. The van der Waals surface area contributed by atoms with Crippen LogP contribution in [-0.2, 0) is 19.6 Å². The minimum Gasteiger partial charge on any atom is -0.479 e. The van der Waals surface area contributed by atoms with E-state index in [0.717, 1.165) is 4.47 Å². The summed E-state index contributed by atoms with van der Waals surface area (Å²) < 4.78 is 33.3. The van der Waals surface area contributed by atoms with E-state index < -0.39 is 28.2 Å². The van der Waals surface area contributed by atoms with Gasteiger partial charge < -0.3 is 9.84 Å². The number of carboxylic acid groups (broad SMARTS) is 1. The van der Waals surface area contributed by atoms with E-state index in [4.69, 9.17) is 9.84 Å². The average Bonchev–Trinajstić information content (AvgIpc) is 2.85. The Labute approximate surface area is 139 Å². The van der Waals surface area contributed by atoms with Crippen molar-refractivity contribution in [1.29, 1.82) is 0 Å². The minimum atomic E-state index is -3.68. The summed E-state index contributed by atoms with van der Waals surface area (Å²) in [7, 11) is -3.68. The van der Waals surface area contributed by atoms with Gasteiger partial charge in [0.05, 0.1) is 11.0 Å². The number of carboxylic acids is 1. The second kappa shape index (κ2) is 6.74. The molecular weight excluding hydrogens is 430 g/mol. The average molecular weight is 443 g/mol. The number of benzene rings is 1. The van der Waals surface area contributed by atoms with Crippen molar-refractivity contribution >= 4 is 47.9 Å². The first kappa shape index (κ1) is 16.9. The molecule has 0 saturated carbocycles. The van der Waals surface area contributed by atoms with Crippen LogP contribution in [0.1, 0.15) is 12.8 Å². The number of aliphatic carboxylic acids is 1. The molecule has 0 radical (unpaired) electrons. The fourth-order valence-corrected chi connectivity index (χ4v) is 4.82. The Morgan fingerprint density at radius 1 is 1.38 bits per heavy atom. The zero-order valence-corrected chi connectivity index (χ0v) is 14.7. The number of hydrogen-bond donors (Lipinski definition) is 2. The maximum Gasteiger partial charge on any atom is 0.332 e. The van der Waals surface area contributed by atoms with E-state index in [2.05, 4.69) is 36.6 Å². The highest BCUT2D eigenvalue weighted by Gasteiger charge is 2.31. The van der Waals surface area contributed by atoms with Crippen molar-refractivity contribution in [3.8, 4) is 0 Å². The van der Waals surface area contributed by atoms with E-state index >= 15 is 0 Å². The van der Waals surface area contributed by atoms with Gasteiger partial charge >= 0.3 is 5.97 Å². The number of carbonyl (C=O) groups is 1. The van der Waals surface area contributed by atoms with Gasteiger partial charge in [-0.15, -0.1) is 0 Å². The second-order valence-corrected chi connectivity index (χ2v) is 8.09. The lowest BCUT2D eigenvalue weighted by Gasteiger charge is -2.13. The molecule has 9 heteroatoms. The second-order valence-electron chi connectivity index (χ2n) is 4.59. The molecule has 0 aliphatic carbocycles. The van der Waals surface area contributed by atoms with Crippen LogP contribution in [0.3, 0.4) is 0 Å². The molecule has 2 unspecified atom stereocenters. The lowest BCUT2D eigenvalue weighted by molar-refractivity contribution is -0.149. The SMILES string of the molecule is O=C(O)C1CCC(CNS(=O)(=O)c2ccc(Br)cc2Br)O1. The van der Waals surface area contributed by atoms with Gasteiger partial charge in [0.15, 0.2) is 6.10 Å². The number of hydrogen-bond acceptors (Lipinski definition) is 4. The Morgan fingerprint density at radius 3 is 2.67 bits per heavy atom. The number of ether oxygens (including phenoxy) is 1. The van der Waals surface area contributed by atoms with Crippen molar-refractivity contribution in [3.63, 3.8) is 0 Å². The smallest absolute Gasteiger partial charge is 0.332 e. The summed E-state index contributed by atoms with van der Waals surface area (Å²) in [6.45, 7) is 0.0502. The molecule has 2 N–H and O–H groups in total. The fraction of sp³-hybridized carbons (Fsp3) is 0.417. The van der Waals surface area contributed by atoms with Gasteiger partial charge in [-0.25, -0.2) is 17.9 Å². The van der Waals surface area contributed by atoms with E-state index in [1.807, 2.05) is 0 Å². The quantitative estimate of drug-likeness (QED) is 0.728. The summed E-state index contributed by atoms with van der Waals surface area (Å²) in [6, 6.07) is 4.75. The van der Waals surface area contributed by atoms with Crippen LogP contribution in [0.2, 0.25) is 0 Å². The van der Waals surface area contributed by atoms with Crippen molar-refractivity contribution < 1.29 is 23.1 Å². The number of nitrogens with one attached hydrogen (secondary N) is 1. The van der Waals surface area contributed by atoms with E-state index in [0.29, 0.717) is 17.3 Å². The predicted octanol–water partition coefficient (Wildman–Crippen LogP) is 2.12. The third kappa shape index (κ3) is 4.26. The largest absolute Gasteiger partial charge is 0.479 e. The highest BCUT2D eigenvalue weighted by molar-refractivity contribution is 9.11. The molecule has 1 fully saturated rings. The summed E-state index contributed by atoms with van der Waals surface area (Å²) >= 11 is 6.46. The van der Waals surface area contributed by atoms with Gasteiger partial charge in [-0.3, -0.25) is 0 Å². The summed E-state index contributed by atoms with van der Waals surface area (Å²) in [5.74, 6) is -1.02. The van der Waals surface area contributed by atoms with E-state index in [-0.39, 0.29) is 11.4 Å². The summed E-state index contributed by atoms with van der Waals surface area (Å²) in [6.07, 6.45) is -0.362. The highest BCUT2D eigenvalue weighted by atomic mass is 79.9. The summed E-state index contributed by atoms with van der Waals surface area (Å²) in [5.41, 5.74) is 0. The monoisotopic (exact) mass is 441 g/mol. The van der Waals surface area contributed by atoms with Crippen LogP contribution in [0, 0.1) is 0 Å². The van der Waals surface area contributed by atoms with Gasteiger partial charge in [-0.1, -0.05) is 15.9 Å². The number of halogens is 2. The zero-order chi connectivity index (χ0) is 15.6. The third-order valence-corrected chi connectivity index (χ3v) is 5.96. The first-order chi connectivity index (χ1) is 9.79. The van der Waals surface area contributed by atoms with Crippen molar-refractivity contribution in [2.75, 3.05) is 6.54 Å². The Kier molecular flexibility index (Phi) is 5.42. The lowest BCUT2D eigenvalue weighted by atomic mass is 10.2. The van der Waals surface area contributed by atoms with Crippen LogP contribution in [0.4, 0.5) is 0 Å². The first-order valence-corrected chi connectivity index (χ1v) is 9.19. The summed E-state index contributed by atoms with van der Waals surface area (Å²) in [5, 5.41) is 8.83. The summed E-state index contributed by atoms with van der Waals surface area (Å²) in [4.78, 5) is 10.9. The first-order valence-electron chi connectivity index (χ1n) is 6.12. The Bertz CT molecular complexity index is 649. The van der Waals surface area contributed by atoms with Crippen LogP contribution in [0.25, 0.3) is 0 Å². The third-order valence-electron chi connectivity index (χ3n) is 3.07. The van der Waals surface area contributed by atoms with Gasteiger partial charge in [0, 0.05) is 15.5 Å². The van der Waals surface area contributed by atoms with Gasteiger partial charge in [0.25, 0.3) is 0 Å². The fourth-order valence-electron chi connectivity index (χ4n) is 2.01. The molecule has 21 heavy (non-hydrogen) atoms.